The van der Waals surface area contributed by atoms with Crippen LogP contribution in [0.25, 0.3) is 0 Å². The van der Waals surface area contributed by atoms with E-state index < -0.39 is 23.8 Å². The summed E-state index contributed by atoms with van der Waals surface area (Å²) in [7, 11) is 0. The maximum Gasteiger partial charge on any atom is 0.311 e. The molecule has 0 aromatic heterocycles. The van der Waals surface area contributed by atoms with E-state index in [0.717, 1.165) is 57.6 Å². The van der Waals surface area contributed by atoms with E-state index in [1.165, 1.54) is 0 Å². The molecule has 0 bridgehead atoms. The maximum absolute atomic E-state index is 11.3. The molecule has 6 nitrogen and oxygen atoms in total. The van der Waals surface area contributed by atoms with Crippen LogP contribution >= 0.6 is 0 Å². The third kappa shape index (κ3) is 13.5. The van der Waals surface area contributed by atoms with Crippen LogP contribution in [0.3, 0.4) is 0 Å². The zero-order valence-electron chi connectivity index (χ0n) is 13.7. The Labute approximate surface area is 137 Å². The van der Waals surface area contributed by atoms with Gasteiger partial charge in [-0.25, -0.2) is 0 Å². The van der Waals surface area contributed by atoms with Gasteiger partial charge in [-0.3, -0.25) is 14.4 Å². The van der Waals surface area contributed by atoms with Gasteiger partial charge in [-0.15, -0.1) is 0 Å². The molecule has 1 atom stereocenters. The summed E-state index contributed by atoms with van der Waals surface area (Å²) >= 11 is 0. The molecule has 0 aliphatic rings. The average molecular weight is 328 g/mol. The molecule has 0 amide bonds. The highest BCUT2D eigenvalue weighted by atomic mass is 16.5. The maximum atomic E-state index is 11.3. The van der Waals surface area contributed by atoms with Gasteiger partial charge in [0, 0.05) is 6.42 Å². The van der Waals surface area contributed by atoms with E-state index in [0.29, 0.717) is 6.42 Å². The molecule has 23 heavy (non-hydrogen) atoms. The lowest BCUT2D eigenvalue weighted by Crippen LogP contribution is -2.18. The van der Waals surface area contributed by atoms with Crippen molar-refractivity contribution in [1.29, 1.82) is 0 Å². The highest BCUT2D eigenvalue weighted by molar-refractivity contribution is 5.78. The van der Waals surface area contributed by atoms with E-state index in [2.05, 4.69) is 11.3 Å². The second-order valence-electron chi connectivity index (χ2n) is 5.66. The van der Waals surface area contributed by atoms with Crippen molar-refractivity contribution in [2.24, 2.45) is 5.92 Å². The van der Waals surface area contributed by atoms with E-state index in [1.807, 2.05) is 0 Å². The number of ether oxygens (including phenoxy) is 1. The fourth-order valence-electron chi connectivity index (χ4n) is 2.38. The molecular weight excluding hydrogens is 300 g/mol. The number of carbonyl (C=O) groups is 3. The van der Waals surface area contributed by atoms with Crippen LogP contribution in [0.4, 0.5) is 0 Å². The Morgan fingerprint density at radius 3 is 1.91 bits per heavy atom. The fraction of sp³-hybridized carbons (Fsp3) is 0.706. The van der Waals surface area contributed by atoms with Crippen LogP contribution in [0.1, 0.15) is 70.6 Å². The van der Waals surface area contributed by atoms with Crippen molar-refractivity contribution in [3.05, 3.63) is 12.8 Å². The molecule has 0 aliphatic heterocycles. The first kappa shape index (κ1) is 21.1. The number of rotatable bonds is 15. The normalized spacial score (nSPS) is 11.7. The summed E-state index contributed by atoms with van der Waals surface area (Å²) in [5.41, 5.74) is 0. The smallest absolute Gasteiger partial charge is 0.311 e. The summed E-state index contributed by atoms with van der Waals surface area (Å²) in [6.45, 7) is 3.26. The molecule has 0 saturated carbocycles. The summed E-state index contributed by atoms with van der Waals surface area (Å²) < 4.78 is 4.55. The van der Waals surface area contributed by atoms with Gasteiger partial charge >= 0.3 is 17.9 Å². The first-order chi connectivity index (χ1) is 11.0. The summed E-state index contributed by atoms with van der Waals surface area (Å²) in [4.78, 5) is 32.7. The van der Waals surface area contributed by atoms with Crippen molar-refractivity contribution in [2.45, 2.75) is 70.6 Å². The Balaban J connectivity index is 3.59. The lowest BCUT2D eigenvalue weighted by molar-refractivity contribution is -0.148. The molecule has 0 fully saturated rings. The molecule has 1 unspecified atom stereocenters. The highest BCUT2D eigenvalue weighted by Gasteiger charge is 2.21. The van der Waals surface area contributed by atoms with Crippen LogP contribution < -0.4 is 0 Å². The predicted octanol–water partition coefficient (Wildman–Crippen LogP) is 3.75. The SMILES string of the molecule is C=COC(=O)CC(CCCCCCCCCCC(=O)O)C(=O)O. The molecule has 0 spiro atoms. The molecule has 2 N–H and O–H groups in total. The van der Waals surface area contributed by atoms with Gasteiger partial charge < -0.3 is 14.9 Å². The number of carboxylic acids is 2. The van der Waals surface area contributed by atoms with E-state index in [-0.39, 0.29) is 12.8 Å². The Morgan fingerprint density at radius 2 is 1.43 bits per heavy atom. The minimum atomic E-state index is -0.968. The van der Waals surface area contributed by atoms with E-state index >= 15 is 0 Å². The van der Waals surface area contributed by atoms with Crippen molar-refractivity contribution in [3.8, 4) is 0 Å². The van der Waals surface area contributed by atoms with Crippen LogP contribution in [0, 0.1) is 5.92 Å². The van der Waals surface area contributed by atoms with Gasteiger partial charge in [0.15, 0.2) is 0 Å². The Kier molecular flexibility index (Phi) is 12.7. The van der Waals surface area contributed by atoms with Gasteiger partial charge in [0.25, 0.3) is 0 Å². The van der Waals surface area contributed by atoms with Crippen LogP contribution in [0.2, 0.25) is 0 Å². The van der Waals surface area contributed by atoms with Crippen LogP contribution in [0.5, 0.6) is 0 Å². The largest absolute Gasteiger partial charge is 0.481 e. The fourth-order valence-corrected chi connectivity index (χ4v) is 2.38. The molecule has 0 rings (SSSR count). The van der Waals surface area contributed by atoms with Crippen molar-refractivity contribution in [3.63, 3.8) is 0 Å². The first-order valence-corrected chi connectivity index (χ1v) is 8.22. The number of carbonyl (C=O) groups excluding carboxylic acids is 1. The summed E-state index contributed by atoms with van der Waals surface area (Å²) in [5, 5.41) is 17.6. The van der Waals surface area contributed by atoms with Crippen molar-refractivity contribution in [1.82, 2.24) is 0 Å². The van der Waals surface area contributed by atoms with Gasteiger partial charge in [-0.05, 0) is 12.8 Å². The van der Waals surface area contributed by atoms with E-state index in [4.69, 9.17) is 10.2 Å². The number of hydrogen-bond acceptors (Lipinski definition) is 4. The third-order valence-electron chi connectivity index (χ3n) is 3.67. The van der Waals surface area contributed by atoms with Crippen LogP contribution in [-0.4, -0.2) is 28.1 Å². The zero-order valence-corrected chi connectivity index (χ0v) is 13.7. The standard InChI is InChI=1S/C17H28O6/c1-2-23-16(20)13-14(17(21)22)11-9-7-5-3-4-6-8-10-12-15(18)19/h2,14H,1,3-13H2,(H,18,19)(H,21,22). The van der Waals surface area contributed by atoms with Crippen LogP contribution in [0.15, 0.2) is 12.8 Å². The number of aliphatic carboxylic acids is 2. The minimum absolute atomic E-state index is 0.120. The molecule has 0 saturated heterocycles. The predicted molar refractivity (Wildman–Crippen MR) is 85.8 cm³/mol. The lowest BCUT2D eigenvalue weighted by Gasteiger charge is -2.10. The van der Waals surface area contributed by atoms with Gasteiger partial charge in [-0.1, -0.05) is 51.5 Å². The summed E-state index contributed by atoms with van der Waals surface area (Å²) in [5.74, 6) is -2.97. The van der Waals surface area contributed by atoms with Gasteiger partial charge in [0.1, 0.15) is 0 Å². The first-order valence-electron chi connectivity index (χ1n) is 8.22. The summed E-state index contributed by atoms with van der Waals surface area (Å²) in [6.07, 6.45) is 9.22. The number of esters is 1. The third-order valence-corrected chi connectivity index (χ3v) is 3.67. The lowest BCUT2D eigenvalue weighted by atomic mass is 9.97. The monoisotopic (exact) mass is 328 g/mol. The van der Waals surface area contributed by atoms with Crippen molar-refractivity contribution >= 4 is 17.9 Å². The molecule has 6 heteroatoms. The second-order valence-corrected chi connectivity index (χ2v) is 5.66. The quantitative estimate of drug-likeness (QED) is 0.270. The Hall–Kier alpha value is -1.85. The number of hydrogen-bond donors (Lipinski definition) is 2. The van der Waals surface area contributed by atoms with E-state index in [9.17, 15) is 14.4 Å². The number of carboxylic acid groups (broad SMARTS) is 2. The molecule has 0 aliphatic carbocycles. The molecule has 0 radical (unpaired) electrons. The zero-order chi connectivity index (χ0) is 17.5. The average Bonchev–Trinajstić information content (AvgIpc) is 2.47. The van der Waals surface area contributed by atoms with Crippen molar-refractivity contribution in [2.75, 3.05) is 0 Å². The Bertz CT molecular complexity index is 377. The Morgan fingerprint density at radius 1 is 0.913 bits per heavy atom. The topological polar surface area (TPSA) is 101 Å². The van der Waals surface area contributed by atoms with Gasteiger partial charge in [-0.2, -0.15) is 0 Å². The molecule has 0 aromatic rings. The highest BCUT2D eigenvalue weighted by Crippen LogP contribution is 2.17. The molecule has 0 aromatic carbocycles. The molecule has 0 heterocycles. The van der Waals surface area contributed by atoms with Crippen molar-refractivity contribution < 1.29 is 29.3 Å². The van der Waals surface area contributed by atoms with E-state index in [1.54, 1.807) is 0 Å². The van der Waals surface area contributed by atoms with Gasteiger partial charge in [0.05, 0.1) is 18.6 Å². The van der Waals surface area contributed by atoms with Gasteiger partial charge in [0.2, 0.25) is 0 Å². The number of unbranched alkanes of at least 4 members (excludes halogenated alkanes) is 7. The second kappa shape index (κ2) is 13.8. The summed E-state index contributed by atoms with van der Waals surface area (Å²) in [6, 6.07) is 0. The minimum Gasteiger partial charge on any atom is -0.481 e. The molecular formula is C17H28O6. The van der Waals surface area contributed by atoms with Crippen LogP contribution in [-0.2, 0) is 19.1 Å². The molecule has 132 valence electrons.